The average molecular weight is 367 g/mol. The van der Waals surface area contributed by atoms with Gasteiger partial charge in [0.15, 0.2) is 11.5 Å². The van der Waals surface area contributed by atoms with Crippen molar-refractivity contribution in [2.45, 2.75) is 44.6 Å². The summed E-state index contributed by atoms with van der Waals surface area (Å²) < 4.78 is 11.1. The van der Waals surface area contributed by atoms with E-state index >= 15 is 0 Å². The Morgan fingerprint density at radius 1 is 0.926 bits per heavy atom. The van der Waals surface area contributed by atoms with Crippen LogP contribution in [0.3, 0.4) is 0 Å². The molecule has 1 aliphatic carbocycles. The molecular formula is C21H25N3O3. The van der Waals surface area contributed by atoms with Gasteiger partial charge in [0, 0.05) is 30.2 Å². The number of carbonyl (C=O) groups is 1. The molecule has 2 aliphatic rings. The lowest BCUT2D eigenvalue weighted by molar-refractivity contribution is 0.102. The largest absolute Gasteiger partial charge is 0.486 e. The predicted molar refractivity (Wildman–Crippen MR) is 105 cm³/mol. The first-order chi connectivity index (χ1) is 13.3. The molecule has 0 radical (unpaired) electrons. The number of nitrogens with zero attached hydrogens (tertiary/aromatic N) is 1. The third kappa shape index (κ3) is 4.51. The third-order valence-electron chi connectivity index (χ3n) is 5.03. The first kappa shape index (κ1) is 17.6. The van der Waals surface area contributed by atoms with Gasteiger partial charge in [-0.3, -0.25) is 9.78 Å². The highest BCUT2D eigenvalue weighted by molar-refractivity contribution is 6.04. The summed E-state index contributed by atoms with van der Waals surface area (Å²) in [5.41, 5.74) is 2.10. The number of rotatable bonds is 4. The van der Waals surface area contributed by atoms with Crippen molar-refractivity contribution in [2.24, 2.45) is 0 Å². The normalized spacial score (nSPS) is 17.0. The molecule has 1 saturated carbocycles. The molecule has 2 aromatic rings. The topological polar surface area (TPSA) is 72.5 Å². The van der Waals surface area contributed by atoms with Crippen molar-refractivity contribution in [1.82, 2.24) is 4.98 Å². The summed E-state index contributed by atoms with van der Waals surface area (Å²) in [5.74, 6) is 1.17. The number of nitrogens with one attached hydrogen (secondary N) is 2. The maximum absolute atomic E-state index is 12.6. The molecular weight excluding hydrogens is 342 g/mol. The minimum absolute atomic E-state index is 0.191. The molecule has 1 aromatic heterocycles. The van der Waals surface area contributed by atoms with Gasteiger partial charge in [-0.25, -0.2) is 0 Å². The van der Waals surface area contributed by atoms with Crippen LogP contribution in [0.1, 0.15) is 48.9 Å². The van der Waals surface area contributed by atoms with E-state index in [2.05, 4.69) is 15.6 Å². The number of fused-ring (bicyclic) bond motifs is 1. The van der Waals surface area contributed by atoms with E-state index in [0.29, 0.717) is 42.0 Å². The molecule has 2 N–H and O–H groups in total. The third-order valence-corrected chi connectivity index (χ3v) is 5.03. The van der Waals surface area contributed by atoms with Crippen molar-refractivity contribution < 1.29 is 14.3 Å². The summed E-state index contributed by atoms with van der Waals surface area (Å²) >= 11 is 0. The second kappa shape index (κ2) is 8.29. The van der Waals surface area contributed by atoms with Crippen LogP contribution in [0.5, 0.6) is 11.5 Å². The van der Waals surface area contributed by atoms with Crippen LogP contribution in [0.25, 0.3) is 0 Å². The number of hydrogen-bond acceptors (Lipinski definition) is 5. The van der Waals surface area contributed by atoms with Crippen LogP contribution in [0, 0.1) is 0 Å². The maximum Gasteiger partial charge on any atom is 0.257 e. The Labute approximate surface area is 159 Å². The summed E-state index contributed by atoms with van der Waals surface area (Å²) in [6.07, 6.45) is 10.9. The molecule has 142 valence electrons. The van der Waals surface area contributed by atoms with E-state index in [4.69, 9.17) is 9.47 Å². The summed E-state index contributed by atoms with van der Waals surface area (Å²) in [6.45, 7) is 1.06. The van der Waals surface area contributed by atoms with E-state index in [0.717, 1.165) is 5.69 Å². The van der Waals surface area contributed by atoms with Gasteiger partial charge < -0.3 is 20.1 Å². The number of anilines is 2. The number of benzene rings is 1. The first-order valence-corrected chi connectivity index (χ1v) is 9.70. The summed E-state index contributed by atoms with van der Waals surface area (Å²) in [6, 6.07) is 7.74. The fourth-order valence-corrected chi connectivity index (χ4v) is 3.63. The van der Waals surface area contributed by atoms with E-state index in [1.165, 1.54) is 38.5 Å². The molecule has 1 amide bonds. The first-order valence-electron chi connectivity index (χ1n) is 9.70. The number of aromatic nitrogens is 1. The van der Waals surface area contributed by atoms with Crippen LogP contribution < -0.4 is 20.1 Å². The van der Waals surface area contributed by atoms with Crippen molar-refractivity contribution in [1.29, 1.82) is 0 Å². The molecule has 4 rings (SSSR count). The maximum atomic E-state index is 12.6. The van der Waals surface area contributed by atoms with Crippen LogP contribution in [0.15, 0.2) is 36.7 Å². The van der Waals surface area contributed by atoms with Gasteiger partial charge >= 0.3 is 0 Å². The van der Waals surface area contributed by atoms with E-state index in [-0.39, 0.29) is 5.91 Å². The van der Waals surface area contributed by atoms with Crippen molar-refractivity contribution in [3.8, 4) is 11.5 Å². The predicted octanol–water partition coefficient (Wildman–Crippen LogP) is 4.24. The van der Waals surface area contributed by atoms with Crippen LogP contribution in [-0.2, 0) is 0 Å². The Balaban J connectivity index is 1.42. The molecule has 6 nitrogen and oxygen atoms in total. The van der Waals surface area contributed by atoms with Crippen LogP contribution >= 0.6 is 0 Å². The molecule has 0 atom stereocenters. The lowest BCUT2D eigenvalue weighted by atomic mass is 10.1. The Morgan fingerprint density at radius 3 is 2.52 bits per heavy atom. The molecule has 0 unspecified atom stereocenters. The highest BCUT2D eigenvalue weighted by Gasteiger charge is 2.15. The fourth-order valence-electron chi connectivity index (χ4n) is 3.63. The van der Waals surface area contributed by atoms with Crippen LogP contribution in [0.4, 0.5) is 11.4 Å². The Morgan fingerprint density at radius 2 is 1.70 bits per heavy atom. The molecule has 1 aliphatic heterocycles. The van der Waals surface area contributed by atoms with Crippen molar-refractivity contribution in [3.63, 3.8) is 0 Å². The van der Waals surface area contributed by atoms with E-state index in [1.807, 2.05) is 18.2 Å². The Hall–Kier alpha value is -2.76. The van der Waals surface area contributed by atoms with Crippen LogP contribution in [-0.4, -0.2) is 30.1 Å². The van der Waals surface area contributed by atoms with Crippen molar-refractivity contribution in [2.75, 3.05) is 23.8 Å². The molecule has 2 heterocycles. The molecule has 0 spiro atoms. The number of carbonyl (C=O) groups excluding carboxylic acids is 1. The minimum atomic E-state index is -0.191. The highest BCUT2D eigenvalue weighted by atomic mass is 16.6. The SMILES string of the molecule is O=C(Nc1ccc2c(c1)OCCO2)c1cncc(NC2CCCCCC2)c1. The average Bonchev–Trinajstić information content (AvgIpc) is 2.97. The van der Waals surface area contributed by atoms with Gasteiger partial charge in [0.1, 0.15) is 13.2 Å². The van der Waals surface area contributed by atoms with Crippen molar-refractivity contribution >= 4 is 17.3 Å². The number of ether oxygens (including phenoxy) is 2. The zero-order chi connectivity index (χ0) is 18.5. The number of pyridine rings is 1. The van der Waals surface area contributed by atoms with Gasteiger partial charge in [-0.05, 0) is 31.0 Å². The van der Waals surface area contributed by atoms with Gasteiger partial charge in [0.05, 0.1) is 11.3 Å². The van der Waals surface area contributed by atoms with Crippen LogP contribution in [0.2, 0.25) is 0 Å². The summed E-state index contributed by atoms with van der Waals surface area (Å²) in [5, 5.41) is 6.45. The van der Waals surface area contributed by atoms with Gasteiger partial charge in [-0.1, -0.05) is 25.7 Å². The standard InChI is InChI=1S/C21H25N3O3/c25-21(24-17-7-8-19-20(12-17)27-10-9-26-19)15-11-18(14-22-13-15)23-16-5-3-1-2-4-6-16/h7-8,11-14,16,23H,1-6,9-10H2,(H,24,25). The molecule has 6 heteroatoms. The molecule has 27 heavy (non-hydrogen) atoms. The van der Waals surface area contributed by atoms with Gasteiger partial charge in [-0.2, -0.15) is 0 Å². The molecule has 1 fully saturated rings. The fraction of sp³-hybridized carbons (Fsp3) is 0.429. The monoisotopic (exact) mass is 367 g/mol. The number of hydrogen-bond donors (Lipinski definition) is 2. The molecule has 0 saturated heterocycles. The number of amides is 1. The van der Waals surface area contributed by atoms with E-state index in [1.54, 1.807) is 18.5 Å². The Kier molecular flexibility index (Phi) is 5.42. The van der Waals surface area contributed by atoms with Gasteiger partial charge in [0.25, 0.3) is 5.91 Å². The van der Waals surface area contributed by atoms with E-state index in [9.17, 15) is 4.79 Å². The summed E-state index contributed by atoms with van der Waals surface area (Å²) in [4.78, 5) is 16.9. The second-order valence-corrected chi connectivity index (χ2v) is 7.11. The second-order valence-electron chi connectivity index (χ2n) is 7.11. The van der Waals surface area contributed by atoms with Crippen molar-refractivity contribution in [3.05, 3.63) is 42.2 Å². The molecule has 1 aromatic carbocycles. The zero-order valence-electron chi connectivity index (χ0n) is 15.4. The Bertz CT molecular complexity index is 801. The molecule has 0 bridgehead atoms. The zero-order valence-corrected chi connectivity index (χ0v) is 15.4. The van der Waals surface area contributed by atoms with Gasteiger partial charge in [0.2, 0.25) is 0 Å². The quantitative estimate of drug-likeness (QED) is 0.791. The van der Waals surface area contributed by atoms with E-state index < -0.39 is 0 Å². The van der Waals surface area contributed by atoms with Gasteiger partial charge in [-0.15, -0.1) is 0 Å². The smallest absolute Gasteiger partial charge is 0.257 e. The minimum Gasteiger partial charge on any atom is -0.486 e. The summed E-state index contributed by atoms with van der Waals surface area (Å²) in [7, 11) is 0. The lowest BCUT2D eigenvalue weighted by Gasteiger charge is -2.19. The highest BCUT2D eigenvalue weighted by Crippen LogP contribution is 2.32. The lowest BCUT2D eigenvalue weighted by Crippen LogP contribution is -2.19.